The normalized spacial score (nSPS) is 11.1. The van der Waals surface area contributed by atoms with E-state index in [4.69, 9.17) is 17.3 Å². The van der Waals surface area contributed by atoms with Gasteiger partial charge >= 0.3 is 0 Å². The number of rotatable bonds is 3. The fourth-order valence-electron chi connectivity index (χ4n) is 2.46. The van der Waals surface area contributed by atoms with Gasteiger partial charge in [0.05, 0.1) is 11.0 Å². The van der Waals surface area contributed by atoms with Crippen LogP contribution in [-0.2, 0) is 13.0 Å². The van der Waals surface area contributed by atoms with Crippen LogP contribution >= 0.6 is 11.6 Å². The molecule has 0 unspecified atom stereocenters. The fraction of sp³-hybridized carbons (Fsp3) is 0.188. The van der Waals surface area contributed by atoms with Gasteiger partial charge in [-0.2, -0.15) is 0 Å². The lowest BCUT2D eigenvalue weighted by Gasteiger charge is -2.07. The van der Waals surface area contributed by atoms with Crippen molar-refractivity contribution in [2.75, 3.05) is 5.73 Å². The van der Waals surface area contributed by atoms with Crippen LogP contribution in [0.1, 0.15) is 11.1 Å². The number of nitrogen functional groups attached to an aromatic ring is 1. The first-order valence-electron chi connectivity index (χ1n) is 6.60. The second kappa shape index (κ2) is 5.17. The number of anilines is 1. The van der Waals surface area contributed by atoms with Crippen LogP contribution in [-0.4, -0.2) is 9.55 Å². The Hall–Kier alpha value is -2.00. The highest BCUT2D eigenvalue weighted by Gasteiger charge is 2.08. The highest BCUT2D eigenvalue weighted by molar-refractivity contribution is 6.31. The molecule has 3 rings (SSSR count). The Morgan fingerprint density at radius 2 is 2.05 bits per heavy atom. The van der Waals surface area contributed by atoms with Gasteiger partial charge in [0, 0.05) is 11.6 Å². The van der Waals surface area contributed by atoms with E-state index in [1.807, 2.05) is 22.8 Å². The van der Waals surface area contributed by atoms with Crippen LogP contribution in [0.5, 0.6) is 0 Å². The number of imidazole rings is 1. The van der Waals surface area contributed by atoms with Crippen LogP contribution in [0.2, 0.25) is 5.02 Å². The molecule has 0 aliphatic heterocycles. The smallest absolute Gasteiger partial charge is 0.201 e. The van der Waals surface area contributed by atoms with Crippen LogP contribution in [0.15, 0.2) is 42.5 Å². The topological polar surface area (TPSA) is 43.8 Å². The minimum absolute atomic E-state index is 0.537. The van der Waals surface area contributed by atoms with Crippen molar-refractivity contribution >= 4 is 28.6 Å². The summed E-state index contributed by atoms with van der Waals surface area (Å²) in [7, 11) is 0. The first-order valence-corrected chi connectivity index (χ1v) is 6.98. The van der Waals surface area contributed by atoms with Gasteiger partial charge in [-0.05, 0) is 37.1 Å². The number of aryl methyl sites for hydroxylation is 3. The first kappa shape index (κ1) is 13.0. The van der Waals surface area contributed by atoms with E-state index in [1.54, 1.807) is 0 Å². The van der Waals surface area contributed by atoms with E-state index in [0.29, 0.717) is 11.0 Å². The third-order valence-electron chi connectivity index (χ3n) is 3.45. The largest absolute Gasteiger partial charge is 0.369 e. The summed E-state index contributed by atoms with van der Waals surface area (Å²) in [6.07, 6.45) is 0.920. The molecular formula is C16H16ClN3. The van der Waals surface area contributed by atoms with Gasteiger partial charge < -0.3 is 10.3 Å². The van der Waals surface area contributed by atoms with Crippen molar-refractivity contribution in [1.29, 1.82) is 0 Å². The maximum atomic E-state index is 6.06. The molecule has 0 atom stereocenters. The van der Waals surface area contributed by atoms with Gasteiger partial charge in [0.1, 0.15) is 0 Å². The number of hydrogen-bond donors (Lipinski definition) is 1. The van der Waals surface area contributed by atoms with Crippen molar-refractivity contribution in [3.8, 4) is 0 Å². The highest BCUT2D eigenvalue weighted by Crippen LogP contribution is 2.22. The van der Waals surface area contributed by atoms with Crippen LogP contribution < -0.4 is 5.73 Å². The molecule has 3 aromatic rings. The summed E-state index contributed by atoms with van der Waals surface area (Å²) in [6, 6.07) is 14.2. The molecule has 0 saturated carbocycles. The van der Waals surface area contributed by atoms with E-state index in [9.17, 15) is 0 Å². The Bertz CT molecular complexity index is 762. The molecule has 1 heterocycles. The molecule has 1 aromatic heterocycles. The van der Waals surface area contributed by atoms with Crippen LogP contribution in [0.3, 0.4) is 0 Å². The molecule has 20 heavy (non-hydrogen) atoms. The molecule has 3 nitrogen and oxygen atoms in total. The molecule has 0 fully saturated rings. The lowest BCUT2D eigenvalue weighted by Crippen LogP contribution is -2.05. The van der Waals surface area contributed by atoms with E-state index in [-0.39, 0.29) is 0 Å². The molecule has 0 aliphatic rings. The summed E-state index contributed by atoms with van der Waals surface area (Å²) < 4.78 is 2.02. The lowest BCUT2D eigenvalue weighted by atomic mass is 10.1. The second-order valence-corrected chi connectivity index (χ2v) is 5.43. The summed E-state index contributed by atoms with van der Waals surface area (Å²) >= 11 is 6.06. The number of nitrogens with zero attached hydrogens (tertiary/aromatic N) is 2. The van der Waals surface area contributed by atoms with E-state index in [1.165, 1.54) is 11.1 Å². The van der Waals surface area contributed by atoms with Crippen LogP contribution in [0.25, 0.3) is 11.0 Å². The molecule has 102 valence electrons. The second-order valence-electron chi connectivity index (χ2n) is 4.99. The number of aromatic nitrogens is 2. The Labute approximate surface area is 123 Å². The standard InChI is InChI=1S/C16H16ClN3/c1-11-3-2-4-12(9-11)7-8-20-15-10-13(17)5-6-14(15)19-16(20)18/h2-6,9-10H,7-8H2,1H3,(H2,18,19). The van der Waals surface area contributed by atoms with Gasteiger partial charge in [-0.15, -0.1) is 0 Å². The molecular weight excluding hydrogens is 270 g/mol. The molecule has 2 aromatic carbocycles. The van der Waals surface area contributed by atoms with Crippen LogP contribution in [0, 0.1) is 6.92 Å². The Kier molecular flexibility index (Phi) is 3.36. The Morgan fingerprint density at radius 3 is 2.85 bits per heavy atom. The number of hydrogen-bond acceptors (Lipinski definition) is 2. The number of halogens is 1. The van der Waals surface area contributed by atoms with Gasteiger partial charge in [-0.25, -0.2) is 4.98 Å². The van der Waals surface area contributed by atoms with Gasteiger partial charge in [0.25, 0.3) is 0 Å². The summed E-state index contributed by atoms with van der Waals surface area (Å²) in [4.78, 5) is 4.37. The quantitative estimate of drug-likeness (QED) is 0.795. The van der Waals surface area contributed by atoms with Crippen LogP contribution in [0.4, 0.5) is 5.95 Å². The first-order chi connectivity index (χ1) is 9.63. The van der Waals surface area contributed by atoms with E-state index < -0.39 is 0 Å². The molecule has 0 saturated heterocycles. The van der Waals surface area contributed by atoms with Crippen molar-refractivity contribution in [2.24, 2.45) is 0 Å². The predicted molar refractivity (Wildman–Crippen MR) is 84.0 cm³/mol. The van der Waals surface area contributed by atoms with Gasteiger partial charge in [0.15, 0.2) is 0 Å². The third-order valence-corrected chi connectivity index (χ3v) is 3.68. The van der Waals surface area contributed by atoms with Gasteiger partial charge in [-0.3, -0.25) is 0 Å². The number of fused-ring (bicyclic) bond motifs is 1. The number of nitrogens with two attached hydrogens (primary N) is 1. The zero-order valence-corrected chi connectivity index (χ0v) is 12.1. The summed E-state index contributed by atoms with van der Waals surface area (Å²) in [5, 5.41) is 0.703. The van der Waals surface area contributed by atoms with Gasteiger partial charge in [0.2, 0.25) is 5.95 Å². The SMILES string of the molecule is Cc1cccc(CCn2c(N)nc3ccc(Cl)cc32)c1. The molecule has 4 heteroatoms. The molecule has 0 bridgehead atoms. The average Bonchev–Trinajstić information content (AvgIpc) is 2.72. The minimum Gasteiger partial charge on any atom is -0.369 e. The molecule has 0 radical (unpaired) electrons. The van der Waals surface area contributed by atoms with Crippen molar-refractivity contribution < 1.29 is 0 Å². The average molecular weight is 286 g/mol. The Balaban J connectivity index is 1.90. The molecule has 2 N–H and O–H groups in total. The van der Waals surface area contributed by atoms with E-state index >= 15 is 0 Å². The van der Waals surface area contributed by atoms with E-state index in [2.05, 4.69) is 36.2 Å². The van der Waals surface area contributed by atoms with Crippen molar-refractivity contribution in [1.82, 2.24) is 9.55 Å². The Morgan fingerprint density at radius 1 is 1.20 bits per heavy atom. The maximum absolute atomic E-state index is 6.06. The van der Waals surface area contributed by atoms with Crippen molar-refractivity contribution in [3.63, 3.8) is 0 Å². The summed E-state index contributed by atoms with van der Waals surface area (Å²) in [6.45, 7) is 2.90. The zero-order valence-electron chi connectivity index (χ0n) is 11.3. The molecule has 0 aliphatic carbocycles. The fourth-order valence-corrected chi connectivity index (χ4v) is 2.62. The maximum Gasteiger partial charge on any atom is 0.201 e. The molecule has 0 amide bonds. The lowest BCUT2D eigenvalue weighted by molar-refractivity contribution is 0.726. The van der Waals surface area contributed by atoms with Gasteiger partial charge in [-0.1, -0.05) is 41.4 Å². The zero-order chi connectivity index (χ0) is 14.1. The number of benzene rings is 2. The minimum atomic E-state index is 0.537. The van der Waals surface area contributed by atoms with E-state index in [0.717, 1.165) is 24.0 Å². The summed E-state index contributed by atoms with van der Waals surface area (Å²) in [5.74, 6) is 0.537. The molecule has 0 spiro atoms. The monoisotopic (exact) mass is 285 g/mol. The van der Waals surface area contributed by atoms with Crippen molar-refractivity contribution in [2.45, 2.75) is 19.9 Å². The van der Waals surface area contributed by atoms with Crippen molar-refractivity contribution in [3.05, 3.63) is 58.6 Å². The predicted octanol–water partition coefficient (Wildman–Crippen LogP) is 3.82. The summed E-state index contributed by atoms with van der Waals surface area (Å²) in [5.41, 5.74) is 10.5. The third kappa shape index (κ3) is 2.49. The highest BCUT2D eigenvalue weighted by atomic mass is 35.5.